The van der Waals surface area contributed by atoms with Crippen LogP contribution in [0.2, 0.25) is 0 Å². The van der Waals surface area contributed by atoms with Gasteiger partial charge in [-0.05, 0) is 30.5 Å². The molecule has 0 saturated heterocycles. The Morgan fingerprint density at radius 1 is 1.05 bits per heavy atom. The Kier molecular flexibility index (Phi) is 4.28. The second-order valence-corrected chi connectivity index (χ2v) is 6.45. The Morgan fingerprint density at radius 3 is 2.24 bits per heavy atom. The number of hydrogen-bond donors (Lipinski definition) is 1. The second kappa shape index (κ2) is 6.34. The maximum absolute atomic E-state index is 9.86. The fourth-order valence-corrected chi connectivity index (χ4v) is 3.39. The van der Waals surface area contributed by atoms with Gasteiger partial charge < -0.3 is 0 Å². The monoisotopic (exact) mass is 294 g/mol. The molecule has 2 nitrogen and oxygen atoms in total. The highest BCUT2D eigenvalue weighted by Gasteiger charge is 2.38. The van der Waals surface area contributed by atoms with E-state index in [2.05, 4.69) is 23.5 Å². The average molecular weight is 294 g/mol. The molecule has 1 aliphatic carbocycles. The first-order valence-electron chi connectivity index (χ1n) is 7.25. The zero-order chi connectivity index (χ0) is 14.5. The Hall–Kier alpha value is -1.76. The molecule has 1 saturated carbocycles. The van der Waals surface area contributed by atoms with Crippen molar-refractivity contribution < 1.29 is 0 Å². The lowest BCUT2D eigenvalue weighted by Gasteiger charge is -2.28. The summed E-state index contributed by atoms with van der Waals surface area (Å²) >= 11 is 1.73. The predicted octanol–water partition coefficient (Wildman–Crippen LogP) is 3.95. The van der Waals surface area contributed by atoms with Crippen LogP contribution in [0.5, 0.6) is 0 Å². The summed E-state index contributed by atoms with van der Waals surface area (Å²) in [7, 11) is 0. The topological polar surface area (TPSA) is 35.8 Å². The summed E-state index contributed by atoms with van der Waals surface area (Å²) in [6, 6.07) is 23.4. The van der Waals surface area contributed by atoms with E-state index in [1.54, 1.807) is 11.8 Å². The van der Waals surface area contributed by atoms with E-state index in [1.807, 2.05) is 48.5 Å². The van der Waals surface area contributed by atoms with Gasteiger partial charge in [-0.2, -0.15) is 5.26 Å². The number of rotatable bonds is 6. The molecule has 0 spiro atoms. The number of hydrogen-bond acceptors (Lipinski definition) is 3. The van der Waals surface area contributed by atoms with Crippen molar-refractivity contribution in [1.29, 1.82) is 5.26 Å². The molecular weight excluding hydrogens is 276 g/mol. The smallest absolute Gasteiger partial charge is 0.141 e. The molecule has 2 aromatic carbocycles. The van der Waals surface area contributed by atoms with Crippen molar-refractivity contribution >= 4 is 11.8 Å². The molecular formula is C18H18N2S. The number of nitrogens with zero attached hydrogens (tertiary/aromatic N) is 1. The molecule has 0 bridgehead atoms. The minimum atomic E-state index is -0.608. The Balaban J connectivity index is 1.83. The van der Waals surface area contributed by atoms with E-state index in [9.17, 15) is 5.26 Å². The van der Waals surface area contributed by atoms with E-state index in [0.29, 0.717) is 11.8 Å². The first kappa shape index (κ1) is 14.2. The van der Waals surface area contributed by atoms with Crippen LogP contribution < -0.4 is 5.32 Å². The van der Waals surface area contributed by atoms with E-state index in [-0.39, 0.29) is 0 Å². The lowest BCUT2D eigenvalue weighted by molar-refractivity contribution is 0.470. The minimum Gasteiger partial charge on any atom is -0.292 e. The molecule has 106 valence electrons. The van der Waals surface area contributed by atoms with Crippen LogP contribution in [0.25, 0.3) is 0 Å². The van der Waals surface area contributed by atoms with Gasteiger partial charge in [0.2, 0.25) is 0 Å². The van der Waals surface area contributed by atoms with Gasteiger partial charge in [-0.25, -0.2) is 0 Å². The molecule has 1 unspecified atom stereocenters. The molecule has 0 aliphatic heterocycles. The van der Waals surface area contributed by atoms with Crippen molar-refractivity contribution in [3.63, 3.8) is 0 Å². The van der Waals surface area contributed by atoms with Gasteiger partial charge in [0.15, 0.2) is 0 Å². The van der Waals surface area contributed by atoms with E-state index in [4.69, 9.17) is 0 Å². The van der Waals surface area contributed by atoms with E-state index >= 15 is 0 Å². The van der Waals surface area contributed by atoms with Gasteiger partial charge in [-0.3, -0.25) is 5.32 Å². The third-order valence-electron chi connectivity index (χ3n) is 3.68. The highest BCUT2D eigenvalue weighted by atomic mass is 32.2. The second-order valence-electron chi connectivity index (χ2n) is 5.40. The fraction of sp³-hybridized carbons (Fsp3) is 0.278. The summed E-state index contributed by atoms with van der Waals surface area (Å²) in [5.41, 5.74) is 0.450. The summed E-state index contributed by atoms with van der Waals surface area (Å²) in [4.78, 5) is 1.20. The highest BCUT2D eigenvalue weighted by Crippen LogP contribution is 2.33. The average Bonchev–Trinajstić information content (AvgIpc) is 3.37. The van der Waals surface area contributed by atoms with Crippen molar-refractivity contribution in [3.8, 4) is 6.07 Å². The molecule has 1 aliphatic rings. The van der Waals surface area contributed by atoms with Crippen molar-refractivity contribution in [1.82, 2.24) is 5.32 Å². The molecule has 21 heavy (non-hydrogen) atoms. The maximum atomic E-state index is 9.86. The highest BCUT2D eigenvalue weighted by molar-refractivity contribution is 7.99. The van der Waals surface area contributed by atoms with Crippen molar-refractivity contribution in [2.75, 3.05) is 5.75 Å². The Bertz CT molecular complexity index is 617. The minimum absolute atomic E-state index is 0.487. The van der Waals surface area contributed by atoms with Crippen LogP contribution >= 0.6 is 11.8 Å². The van der Waals surface area contributed by atoms with Gasteiger partial charge >= 0.3 is 0 Å². The zero-order valence-electron chi connectivity index (χ0n) is 11.8. The molecule has 0 radical (unpaired) electrons. The van der Waals surface area contributed by atoms with Crippen LogP contribution in [-0.4, -0.2) is 11.8 Å². The van der Waals surface area contributed by atoms with Crippen molar-refractivity contribution in [3.05, 3.63) is 66.2 Å². The van der Waals surface area contributed by atoms with Gasteiger partial charge in [0.05, 0.1) is 6.07 Å². The molecule has 2 aromatic rings. The number of thioether (sulfide) groups is 1. The molecule has 1 N–H and O–H groups in total. The third-order valence-corrected chi connectivity index (χ3v) is 4.87. The van der Waals surface area contributed by atoms with E-state index in [1.165, 1.54) is 17.7 Å². The van der Waals surface area contributed by atoms with Gasteiger partial charge in [-0.1, -0.05) is 48.5 Å². The summed E-state index contributed by atoms with van der Waals surface area (Å²) < 4.78 is 0. The molecule has 0 heterocycles. The summed E-state index contributed by atoms with van der Waals surface area (Å²) in [6.45, 7) is 0. The first-order valence-corrected chi connectivity index (χ1v) is 8.23. The lowest BCUT2D eigenvalue weighted by Crippen LogP contribution is -2.44. The summed E-state index contributed by atoms with van der Waals surface area (Å²) in [5.74, 6) is 0.716. The zero-order valence-corrected chi connectivity index (χ0v) is 12.6. The SMILES string of the molecule is N#CC(CSc1ccccc1)(NC1CC1)c1ccccc1. The number of nitrogens with one attached hydrogen (secondary N) is 1. The molecule has 3 heteroatoms. The van der Waals surface area contributed by atoms with Crippen LogP contribution in [0.4, 0.5) is 0 Å². The first-order chi connectivity index (χ1) is 10.3. The third kappa shape index (κ3) is 3.47. The largest absolute Gasteiger partial charge is 0.292 e. The molecule has 0 aromatic heterocycles. The molecule has 0 amide bonds. The van der Waals surface area contributed by atoms with Gasteiger partial charge in [0.25, 0.3) is 0 Å². The van der Waals surface area contributed by atoms with Crippen LogP contribution in [0, 0.1) is 11.3 Å². The fourth-order valence-electron chi connectivity index (χ4n) is 2.34. The Morgan fingerprint density at radius 2 is 1.67 bits per heavy atom. The van der Waals surface area contributed by atoms with E-state index in [0.717, 1.165) is 5.56 Å². The predicted molar refractivity (Wildman–Crippen MR) is 87.1 cm³/mol. The molecule has 3 rings (SSSR count). The Labute approximate surface area is 130 Å². The maximum Gasteiger partial charge on any atom is 0.141 e. The number of benzene rings is 2. The standard InChI is InChI=1S/C18H18N2S/c19-13-18(20-16-11-12-16,15-7-3-1-4-8-15)14-21-17-9-5-2-6-10-17/h1-10,16,20H,11-12,14H2. The number of nitriles is 1. The quantitative estimate of drug-likeness (QED) is 0.819. The van der Waals surface area contributed by atoms with Crippen LogP contribution in [0.1, 0.15) is 18.4 Å². The lowest BCUT2D eigenvalue weighted by atomic mass is 9.93. The molecule has 1 fully saturated rings. The van der Waals surface area contributed by atoms with Gasteiger partial charge in [0.1, 0.15) is 5.54 Å². The van der Waals surface area contributed by atoms with Crippen molar-refractivity contribution in [2.24, 2.45) is 0 Å². The summed E-state index contributed by atoms with van der Waals surface area (Å²) in [6.07, 6.45) is 2.35. The van der Waals surface area contributed by atoms with Crippen LogP contribution in [0.15, 0.2) is 65.6 Å². The normalized spacial score (nSPS) is 16.9. The summed E-state index contributed by atoms with van der Waals surface area (Å²) in [5, 5.41) is 13.4. The van der Waals surface area contributed by atoms with Crippen LogP contribution in [-0.2, 0) is 5.54 Å². The molecule has 1 atom stereocenters. The van der Waals surface area contributed by atoms with E-state index < -0.39 is 5.54 Å². The van der Waals surface area contributed by atoms with Gasteiger partial charge in [0, 0.05) is 16.7 Å². The van der Waals surface area contributed by atoms with Gasteiger partial charge in [-0.15, -0.1) is 11.8 Å². The van der Waals surface area contributed by atoms with Crippen molar-refractivity contribution in [2.45, 2.75) is 29.3 Å². The van der Waals surface area contributed by atoms with Crippen LogP contribution in [0.3, 0.4) is 0 Å².